The molecule has 110 valence electrons. The SMILES string of the molecule is N#Cn1nncc1N1CN=C2c3ccccc3-n3cncc3N21. The fourth-order valence-electron chi connectivity index (χ4n) is 2.96. The van der Waals surface area contributed by atoms with Gasteiger partial charge in [-0.3, -0.25) is 4.57 Å². The Balaban J connectivity index is 1.72. The summed E-state index contributed by atoms with van der Waals surface area (Å²) in [5.74, 6) is 2.23. The highest BCUT2D eigenvalue weighted by atomic mass is 15.7. The molecule has 3 aromatic rings. The minimum Gasteiger partial charge on any atom is -0.283 e. The molecule has 1 aromatic carbocycles. The summed E-state index contributed by atoms with van der Waals surface area (Å²) in [5, 5.41) is 20.5. The second-order valence-electron chi connectivity index (χ2n) is 5.08. The third kappa shape index (κ3) is 1.44. The van der Waals surface area contributed by atoms with Crippen molar-refractivity contribution in [2.75, 3.05) is 16.7 Å². The summed E-state index contributed by atoms with van der Waals surface area (Å²) in [7, 11) is 0. The molecular weight excluding hydrogens is 294 g/mol. The van der Waals surface area contributed by atoms with Gasteiger partial charge < -0.3 is 0 Å². The van der Waals surface area contributed by atoms with Gasteiger partial charge in [0.1, 0.15) is 13.0 Å². The molecule has 5 rings (SSSR count). The minimum absolute atomic E-state index is 0.379. The van der Waals surface area contributed by atoms with Gasteiger partial charge in [-0.1, -0.05) is 17.3 Å². The Kier molecular flexibility index (Phi) is 2.16. The number of nitriles is 1. The number of hydrogen-bond acceptors (Lipinski definition) is 7. The maximum absolute atomic E-state index is 9.19. The normalized spacial score (nSPS) is 14.8. The van der Waals surface area contributed by atoms with Crippen LogP contribution in [0.2, 0.25) is 0 Å². The minimum atomic E-state index is 0.379. The lowest BCUT2D eigenvalue weighted by molar-refractivity contribution is 0.771. The van der Waals surface area contributed by atoms with E-state index in [1.54, 1.807) is 18.7 Å². The molecule has 2 aliphatic heterocycles. The van der Waals surface area contributed by atoms with Gasteiger partial charge in [-0.15, -0.1) is 9.78 Å². The van der Waals surface area contributed by atoms with Gasteiger partial charge in [-0.25, -0.2) is 20.0 Å². The van der Waals surface area contributed by atoms with Gasteiger partial charge in [0, 0.05) is 5.56 Å². The molecule has 0 N–H and O–H groups in total. The fourth-order valence-corrected chi connectivity index (χ4v) is 2.96. The average molecular weight is 303 g/mol. The van der Waals surface area contributed by atoms with E-state index in [1.807, 2.05) is 45.0 Å². The average Bonchev–Trinajstić information content (AvgIpc) is 3.31. The molecule has 9 nitrogen and oxygen atoms in total. The second kappa shape index (κ2) is 4.17. The van der Waals surface area contributed by atoms with Crippen molar-refractivity contribution in [3.8, 4) is 11.9 Å². The lowest BCUT2D eigenvalue weighted by atomic mass is 10.1. The molecule has 23 heavy (non-hydrogen) atoms. The van der Waals surface area contributed by atoms with E-state index in [9.17, 15) is 5.26 Å². The summed E-state index contributed by atoms with van der Waals surface area (Å²) >= 11 is 0. The number of hydrazine groups is 1. The molecule has 0 spiro atoms. The standard InChI is InChI=1S/C14H9N9/c15-7-21-13(6-18-19-21)22-9-17-14-10-3-1-2-4-11(10)20-8-16-5-12(20)23(14)22/h1-6,8H,9H2. The van der Waals surface area contributed by atoms with Gasteiger partial charge in [0.2, 0.25) is 6.19 Å². The van der Waals surface area contributed by atoms with Gasteiger partial charge in [-0.05, 0) is 12.1 Å². The monoisotopic (exact) mass is 303 g/mol. The summed E-state index contributed by atoms with van der Waals surface area (Å²) in [6.45, 7) is 0.379. The van der Waals surface area contributed by atoms with Crippen LogP contribution in [0.4, 0.5) is 11.6 Å². The van der Waals surface area contributed by atoms with Crippen molar-refractivity contribution in [3.63, 3.8) is 0 Å². The van der Waals surface area contributed by atoms with E-state index in [0.29, 0.717) is 12.5 Å². The summed E-state index contributed by atoms with van der Waals surface area (Å²) in [5.41, 5.74) is 2.04. The van der Waals surface area contributed by atoms with Crippen LogP contribution in [-0.4, -0.2) is 37.0 Å². The molecule has 0 aliphatic carbocycles. The Morgan fingerprint density at radius 2 is 2.04 bits per heavy atom. The van der Waals surface area contributed by atoms with Gasteiger partial charge in [0.15, 0.2) is 17.5 Å². The first-order valence-corrected chi connectivity index (χ1v) is 6.93. The number of nitrogens with zero attached hydrogens (tertiary/aromatic N) is 9. The molecule has 0 amide bonds. The maximum atomic E-state index is 9.19. The van der Waals surface area contributed by atoms with Crippen molar-refractivity contribution in [3.05, 3.63) is 48.5 Å². The van der Waals surface area contributed by atoms with Crippen molar-refractivity contribution in [1.82, 2.24) is 24.5 Å². The number of amidine groups is 1. The van der Waals surface area contributed by atoms with Crippen molar-refractivity contribution < 1.29 is 0 Å². The molecule has 0 saturated heterocycles. The van der Waals surface area contributed by atoms with Gasteiger partial charge in [0.25, 0.3) is 0 Å². The number of hydrogen-bond donors (Lipinski definition) is 0. The molecule has 0 saturated carbocycles. The first-order chi connectivity index (χ1) is 11.4. The fraction of sp³-hybridized carbons (Fsp3) is 0.0714. The van der Waals surface area contributed by atoms with E-state index in [0.717, 1.165) is 22.9 Å². The van der Waals surface area contributed by atoms with Crippen LogP contribution in [0.15, 0.2) is 48.0 Å². The quantitative estimate of drug-likeness (QED) is 0.659. The third-order valence-corrected chi connectivity index (χ3v) is 3.93. The van der Waals surface area contributed by atoms with Crippen LogP contribution in [-0.2, 0) is 0 Å². The molecule has 4 heterocycles. The Morgan fingerprint density at radius 3 is 2.96 bits per heavy atom. The zero-order valence-corrected chi connectivity index (χ0v) is 11.8. The maximum Gasteiger partial charge on any atom is 0.209 e. The van der Waals surface area contributed by atoms with Crippen LogP contribution in [0.1, 0.15) is 5.56 Å². The molecule has 0 unspecified atom stereocenters. The smallest absolute Gasteiger partial charge is 0.209 e. The van der Waals surface area contributed by atoms with Crippen LogP contribution < -0.4 is 10.0 Å². The predicted molar refractivity (Wildman–Crippen MR) is 81.0 cm³/mol. The van der Waals surface area contributed by atoms with E-state index in [-0.39, 0.29) is 0 Å². The first-order valence-electron chi connectivity index (χ1n) is 6.93. The first kappa shape index (κ1) is 11.9. The number of benzene rings is 1. The number of fused-ring (bicyclic) bond motifs is 6. The van der Waals surface area contributed by atoms with E-state index in [1.165, 1.54) is 4.68 Å². The highest BCUT2D eigenvalue weighted by Crippen LogP contribution is 2.35. The molecule has 0 bridgehead atoms. The molecule has 2 aliphatic rings. The summed E-state index contributed by atoms with van der Waals surface area (Å²) < 4.78 is 3.16. The number of anilines is 2. The zero-order chi connectivity index (χ0) is 15.4. The number of imidazole rings is 1. The summed E-state index contributed by atoms with van der Waals surface area (Å²) in [6, 6.07) is 8.02. The Bertz CT molecular complexity index is 990. The Hall–Kier alpha value is -3.67. The van der Waals surface area contributed by atoms with Crippen LogP contribution in [0.3, 0.4) is 0 Å². The van der Waals surface area contributed by atoms with Crippen LogP contribution in [0, 0.1) is 11.5 Å². The number of aliphatic imine (C=N–C) groups is 1. The van der Waals surface area contributed by atoms with E-state index in [4.69, 9.17) is 0 Å². The largest absolute Gasteiger partial charge is 0.283 e. The zero-order valence-electron chi connectivity index (χ0n) is 11.8. The molecular formula is C14H9N9. The summed E-state index contributed by atoms with van der Waals surface area (Å²) in [6.07, 6.45) is 7.06. The molecule has 0 fully saturated rings. The van der Waals surface area contributed by atoms with Crippen molar-refractivity contribution >= 4 is 17.5 Å². The lowest BCUT2D eigenvalue weighted by Crippen LogP contribution is -2.46. The van der Waals surface area contributed by atoms with Crippen molar-refractivity contribution in [2.24, 2.45) is 4.99 Å². The molecule has 2 aromatic heterocycles. The van der Waals surface area contributed by atoms with Gasteiger partial charge in [-0.2, -0.15) is 5.26 Å². The number of para-hydroxylation sites is 1. The third-order valence-electron chi connectivity index (χ3n) is 3.93. The Labute approximate surface area is 130 Å². The van der Waals surface area contributed by atoms with E-state index in [2.05, 4.69) is 20.3 Å². The van der Waals surface area contributed by atoms with E-state index < -0.39 is 0 Å². The molecule has 0 atom stereocenters. The topological polar surface area (TPSA) is 91.2 Å². The second-order valence-corrected chi connectivity index (χ2v) is 5.08. The molecule has 0 radical (unpaired) electrons. The number of rotatable bonds is 1. The number of aromatic nitrogens is 5. The Morgan fingerprint density at radius 1 is 1.13 bits per heavy atom. The van der Waals surface area contributed by atoms with Crippen molar-refractivity contribution in [1.29, 1.82) is 5.26 Å². The predicted octanol–water partition coefficient (Wildman–Crippen LogP) is 0.752. The van der Waals surface area contributed by atoms with Crippen LogP contribution >= 0.6 is 0 Å². The highest BCUT2D eigenvalue weighted by Gasteiger charge is 2.37. The van der Waals surface area contributed by atoms with Crippen molar-refractivity contribution in [2.45, 2.75) is 0 Å². The lowest BCUT2D eigenvalue weighted by Gasteiger charge is -2.34. The van der Waals surface area contributed by atoms with Gasteiger partial charge in [0.05, 0.1) is 18.1 Å². The van der Waals surface area contributed by atoms with Crippen LogP contribution in [0.25, 0.3) is 5.69 Å². The van der Waals surface area contributed by atoms with Crippen LogP contribution in [0.5, 0.6) is 0 Å². The van der Waals surface area contributed by atoms with E-state index >= 15 is 0 Å². The van der Waals surface area contributed by atoms with Gasteiger partial charge >= 0.3 is 0 Å². The highest BCUT2D eigenvalue weighted by molar-refractivity contribution is 6.16. The molecule has 9 heteroatoms. The summed E-state index contributed by atoms with van der Waals surface area (Å²) in [4.78, 5) is 8.90.